The summed E-state index contributed by atoms with van der Waals surface area (Å²) in [5, 5.41) is 6.85. The maximum atomic E-state index is 5.81. The van der Waals surface area contributed by atoms with Gasteiger partial charge in [0.1, 0.15) is 0 Å². The van der Waals surface area contributed by atoms with Gasteiger partial charge >= 0.3 is 0 Å². The molecule has 0 aromatic rings. The summed E-state index contributed by atoms with van der Waals surface area (Å²) in [5.74, 6) is 2.18. The monoisotopic (exact) mass is 511 g/mol. The summed E-state index contributed by atoms with van der Waals surface area (Å²) in [6.45, 7) is 13.5. The second-order valence-corrected chi connectivity index (χ2v) is 8.07. The molecule has 0 aliphatic carbocycles. The average molecular weight is 511 g/mol. The molecule has 0 bridgehead atoms. The Morgan fingerprint density at radius 2 is 1.89 bits per heavy atom. The summed E-state index contributed by atoms with van der Waals surface area (Å²) in [4.78, 5) is 9.30. The molecule has 28 heavy (non-hydrogen) atoms. The summed E-state index contributed by atoms with van der Waals surface area (Å²) in [6, 6.07) is 0. The van der Waals surface area contributed by atoms with Gasteiger partial charge in [-0.3, -0.25) is 4.99 Å². The van der Waals surface area contributed by atoms with Gasteiger partial charge in [0.15, 0.2) is 5.96 Å². The van der Waals surface area contributed by atoms with Crippen LogP contribution in [-0.2, 0) is 9.47 Å². The highest BCUT2D eigenvalue weighted by atomic mass is 127. The van der Waals surface area contributed by atoms with Gasteiger partial charge in [-0.25, -0.2) is 0 Å². The third-order valence-corrected chi connectivity index (χ3v) is 5.46. The van der Waals surface area contributed by atoms with E-state index in [1.807, 2.05) is 7.05 Å². The summed E-state index contributed by atoms with van der Waals surface area (Å²) in [6.07, 6.45) is 3.28. The van der Waals surface area contributed by atoms with Gasteiger partial charge in [-0.2, -0.15) is 0 Å². The lowest BCUT2D eigenvalue weighted by Crippen LogP contribution is -2.47. The number of piperazine rings is 1. The molecule has 0 aromatic heterocycles. The van der Waals surface area contributed by atoms with E-state index in [2.05, 4.69) is 39.4 Å². The second-order valence-electron chi connectivity index (χ2n) is 8.07. The normalized spacial score (nSPS) is 21.2. The van der Waals surface area contributed by atoms with Crippen molar-refractivity contribution in [1.29, 1.82) is 0 Å². The Morgan fingerprint density at radius 1 is 1.18 bits per heavy atom. The number of nitrogens with zero attached hydrogens (tertiary/aromatic N) is 3. The number of likely N-dealkylation sites (N-methyl/N-ethyl adjacent to an activating group) is 1. The topological polar surface area (TPSA) is 61.4 Å². The minimum atomic E-state index is 0. The molecule has 2 heterocycles. The highest BCUT2D eigenvalue weighted by molar-refractivity contribution is 14.0. The number of aliphatic imine (C=N–C) groups is 1. The molecular weight excluding hydrogens is 469 g/mol. The molecule has 2 saturated heterocycles. The van der Waals surface area contributed by atoms with E-state index in [1.54, 1.807) is 0 Å². The molecule has 2 N–H and O–H groups in total. The molecule has 1 unspecified atom stereocenters. The standard InChI is InChI=1S/C20H41N5O2.HI/c1-18(16-25-10-8-24(3)9-11-25)15-23-20(21-2)22-7-4-12-27-17-19-5-13-26-14-6-19;/h18-19H,4-17H2,1-3H3,(H2,21,22,23);1H. The van der Waals surface area contributed by atoms with E-state index in [0.717, 1.165) is 71.3 Å². The third kappa shape index (κ3) is 11.1. The van der Waals surface area contributed by atoms with Crippen LogP contribution in [0.3, 0.4) is 0 Å². The van der Waals surface area contributed by atoms with E-state index in [0.29, 0.717) is 11.8 Å². The van der Waals surface area contributed by atoms with Crippen LogP contribution < -0.4 is 10.6 Å². The largest absolute Gasteiger partial charge is 0.381 e. The second kappa shape index (κ2) is 15.6. The van der Waals surface area contributed by atoms with Crippen LogP contribution >= 0.6 is 24.0 Å². The molecule has 0 amide bonds. The van der Waals surface area contributed by atoms with E-state index >= 15 is 0 Å². The Kier molecular flexibility index (Phi) is 14.5. The molecular formula is C20H42IN5O2. The van der Waals surface area contributed by atoms with Crippen LogP contribution in [0.15, 0.2) is 4.99 Å². The maximum Gasteiger partial charge on any atom is 0.190 e. The molecule has 166 valence electrons. The fourth-order valence-corrected chi connectivity index (χ4v) is 3.57. The van der Waals surface area contributed by atoms with Crippen LogP contribution in [0.1, 0.15) is 26.2 Å². The van der Waals surface area contributed by atoms with E-state index in [4.69, 9.17) is 9.47 Å². The zero-order chi connectivity index (χ0) is 19.3. The van der Waals surface area contributed by atoms with Crippen molar-refractivity contribution < 1.29 is 9.47 Å². The summed E-state index contributed by atoms with van der Waals surface area (Å²) in [5.41, 5.74) is 0. The first-order chi connectivity index (χ1) is 13.2. The van der Waals surface area contributed by atoms with E-state index < -0.39 is 0 Å². The number of hydrogen-bond donors (Lipinski definition) is 2. The molecule has 0 radical (unpaired) electrons. The van der Waals surface area contributed by atoms with Crippen molar-refractivity contribution in [2.45, 2.75) is 26.2 Å². The lowest BCUT2D eigenvalue weighted by molar-refractivity contribution is 0.0203. The van der Waals surface area contributed by atoms with Crippen molar-refractivity contribution in [2.24, 2.45) is 16.8 Å². The fourth-order valence-electron chi connectivity index (χ4n) is 3.57. The zero-order valence-corrected chi connectivity index (χ0v) is 20.5. The van der Waals surface area contributed by atoms with E-state index in [1.165, 1.54) is 26.2 Å². The Bertz CT molecular complexity index is 413. The first-order valence-corrected chi connectivity index (χ1v) is 10.7. The van der Waals surface area contributed by atoms with Gasteiger partial charge in [0, 0.05) is 79.3 Å². The quantitative estimate of drug-likeness (QED) is 0.201. The van der Waals surface area contributed by atoms with Crippen molar-refractivity contribution in [2.75, 3.05) is 86.3 Å². The molecule has 2 aliphatic rings. The van der Waals surface area contributed by atoms with Crippen LogP contribution in [0.4, 0.5) is 0 Å². The first-order valence-electron chi connectivity index (χ1n) is 10.7. The SMILES string of the molecule is CN=C(NCCCOCC1CCOCC1)NCC(C)CN1CCN(C)CC1.I. The van der Waals surface area contributed by atoms with Crippen LogP contribution in [0, 0.1) is 11.8 Å². The predicted octanol–water partition coefficient (Wildman–Crippen LogP) is 1.49. The van der Waals surface area contributed by atoms with Crippen LogP contribution in [-0.4, -0.2) is 102 Å². The minimum absolute atomic E-state index is 0. The van der Waals surface area contributed by atoms with Gasteiger partial charge in [-0.05, 0) is 38.1 Å². The highest BCUT2D eigenvalue weighted by Gasteiger charge is 2.16. The van der Waals surface area contributed by atoms with Gasteiger partial charge < -0.3 is 29.9 Å². The number of halogens is 1. The Morgan fingerprint density at radius 3 is 2.57 bits per heavy atom. The smallest absolute Gasteiger partial charge is 0.190 e. The molecule has 0 saturated carbocycles. The first kappa shape index (κ1) is 25.9. The molecule has 1 atom stereocenters. The summed E-state index contributed by atoms with van der Waals surface area (Å²) in [7, 11) is 4.04. The Balaban J connectivity index is 0.00000392. The van der Waals surface area contributed by atoms with Gasteiger partial charge in [-0.1, -0.05) is 6.92 Å². The fraction of sp³-hybridized carbons (Fsp3) is 0.950. The predicted molar refractivity (Wildman–Crippen MR) is 127 cm³/mol. The van der Waals surface area contributed by atoms with E-state index in [-0.39, 0.29) is 24.0 Å². The molecule has 2 aliphatic heterocycles. The van der Waals surface area contributed by atoms with Gasteiger partial charge in [-0.15, -0.1) is 24.0 Å². The van der Waals surface area contributed by atoms with Crippen molar-refractivity contribution in [3.63, 3.8) is 0 Å². The number of nitrogens with one attached hydrogen (secondary N) is 2. The van der Waals surface area contributed by atoms with Gasteiger partial charge in [0.05, 0.1) is 0 Å². The highest BCUT2D eigenvalue weighted by Crippen LogP contribution is 2.14. The number of hydrogen-bond acceptors (Lipinski definition) is 5. The third-order valence-electron chi connectivity index (χ3n) is 5.46. The number of ether oxygens (including phenoxy) is 2. The van der Waals surface area contributed by atoms with Crippen LogP contribution in [0.2, 0.25) is 0 Å². The number of rotatable bonds is 10. The van der Waals surface area contributed by atoms with Crippen molar-refractivity contribution in [3.05, 3.63) is 0 Å². The Labute approximate surface area is 189 Å². The van der Waals surface area contributed by atoms with Crippen molar-refractivity contribution >= 4 is 29.9 Å². The molecule has 0 aromatic carbocycles. The van der Waals surface area contributed by atoms with Crippen LogP contribution in [0.25, 0.3) is 0 Å². The molecule has 0 spiro atoms. The molecule has 7 nitrogen and oxygen atoms in total. The summed E-state index contributed by atoms with van der Waals surface area (Å²) < 4.78 is 11.2. The molecule has 2 fully saturated rings. The van der Waals surface area contributed by atoms with E-state index in [9.17, 15) is 0 Å². The zero-order valence-electron chi connectivity index (χ0n) is 18.1. The lowest BCUT2D eigenvalue weighted by Gasteiger charge is -2.34. The average Bonchev–Trinajstić information content (AvgIpc) is 2.69. The maximum absolute atomic E-state index is 5.81. The van der Waals surface area contributed by atoms with Gasteiger partial charge in [0.25, 0.3) is 0 Å². The Hall–Kier alpha value is -0.160. The molecule has 8 heteroatoms. The minimum Gasteiger partial charge on any atom is -0.381 e. The number of guanidine groups is 1. The summed E-state index contributed by atoms with van der Waals surface area (Å²) >= 11 is 0. The van der Waals surface area contributed by atoms with Crippen molar-refractivity contribution in [1.82, 2.24) is 20.4 Å². The van der Waals surface area contributed by atoms with Crippen molar-refractivity contribution in [3.8, 4) is 0 Å². The lowest BCUT2D eigenvalue weighted by atomic mass is 10.0. The molecule has 2 rings (SSSR count). The van der Waals surface area contributed by atoms with Gasteiger partial charge in [0.2, 0.25) is 0 Å². The van der Waals surface area contributed by atoms with Crippen LogP contribution in [0.5, 0.6) is 0 Å².